The Morgan fingerprint density at radius 3 is 2.29 bits per heavy atom. The average molecular weight is 297 g/mol. The molecule has 0 spiro atoms. The lowest BCUT2D eigenvalue weighted by molar-refractivity contribution is -0.125. The molecule has 1 saturated carbocycles. The Morgan fingerprint density at radius 1 is 1.14 bits per heavy atom. The van der Waals surface area contributed by atoms with Crippen LogP contribution in [0.2, 0.25) is 0 Å². The van der Waals surface area contributed by atoms with E-state index in [0.717, 1.165) is 6.42 Å². The number of rotatable bonds is 9. The van der Waals surface area contributed by atoms with Crippen molar-refractivity contribution < 1.29 is 14.7 Å². The zero-order valence-corrected chi connectivity index (χ0v) is 13.0. The SMILES string of the molecule is CC(C[C@H](C[C@@H](O)[CH]CC1CCCCC1)C(N)=O)C(N)=O. The molecule has 0 aromatic carbocycles. The van der Waals surface area contributed by atoms with E-state index < -0.39 is 29.8 Å². The maximum Gasteiger partial charge on any atom is 0.220 e. The Morgan fingerprint density at radius 2 is 1.76 bits per heavy atom. The monoisotopic (exact) mass is 297 g/mol. The van der Waals surface area contributed by atoms with Crippen LogP contribution < -0.4 is 11.5 Å². The predicted molar refractivity (Wildman–Crippen MR) is 81.8 cm³/mol. The predicted octanol–water partition coefficient (Wildman–Crippen LogP) is 1.53. The fourth-order valence-corrected chi connectivity index (χ4v) is 3.03. The summed E-state index contributed by atoms with van der Waals surface area (Å²) in [7, 11) is 0. The molecule has 1 fully saturated rings. The van der Waals surface area contributed by atoms with Gasteiger partial charge in [-0.2, -0.15) is 0 Å². The minimum atomic E-state index is -0.649. The molecule has 3 atom stereocenters. The van der Waals surface area contributed by atoms with E-state index >= 15 is 0 Å². The van der Waals surface area contributed by atoms with Gasteiger partial charge < -0.3 is 16.6 Å². The Hall–Kier alpha value is -1.10. The molecule has 0 aromatic heterocycles. The fourth-order valence-electron chi connectivity index (χ4n) is 3.03. The molecular weight excluding hydrogens is 268 g/mol. The zero-order chi connectivity index (χ0) is 15.8. The third-order valence-electron chi connectivity index (χ3n) is 4.52. The van der Waals surface area contributed by atoms with Gasteiger partial charge in [0.15, 0.2) is 0 Å². The van der Waals surface area contributed by atoms with Crippen LogP contribution in [0.5, 0.6) is 0 Å². The minimum absolute atomic E-state index is 0.277. The van der Waals surface area contributed by atoms with E-state index in [0.29, 0.717) is 12.3 Å². The molecule has 0 aliphatic heterocycles. The normalized spacial score (nSPS) is 20.7. The lowest BCUT2D eigenvalue weighted by atomic mass is 9.83. The molecule has 5 N–H and O–H groups in total. The molecule has 0 bridgehead atoms. The van der Waals surface area contributed by atoms with Crippen LogP contribution >= 0.6 is 0 Å². The van der Waals surface area contributed by atoms with Crippen molar-refractivity contribution in [2.45, 2.75) is 64.4 Å². The molecular formula is C16H29N2O3. The van der Waals surface area contributed by atoms with E-state index in [2.05, 4.69) is 0 Å². The highest BCUT2D eigenvalue weighted by Gasteiger charge is 2.25. The topological polar surface area (TPSA) is 106 Å². The van der Waals surface area contributed by atoms with E-state index in [9.17, 15) is 14.7 Å². The first-order valence-corrected chi connectivity index (χ1v) is 8.00. The summed E-state index contributed by atoms with van der Waals surface area (Å²) in [6.45, 7) is 1.68. The Balaban J connectivity index is 2.35. The van der Waals surface area contributed by atoms with E-state index in [1.54, 1.807) is 6.92 Å². The summed E-state index contributed by atoms with van der Waals surface area (Å²) in [6.07, 6.45) is 9.02. The van der Waals surface area contributed by atoms with Crippen molar-refractivity contribution in [1.29, 1.82) is 0 Å². The van der Waals surface area contributed by atoms with Crippen molar-refractivity contribution in [3.63, 3.8) is 0 Å². The highest BCUT2D eigenvalue weighted by atomic mass is 16.3. The quantitative estimate of drug-likeness (QED) is 0.600. The van der Waals surface area contributed by atoms with E-state index in [1.807, 2.05) is 6.42 Å². The summed E-state index contributed by atoms with van der Waals surface area (Å²) in [5.41, 5.74) is 10.6. The van der Waals surface area contributed by atoms with Crippen LogP contribution in [0.25, 0.3) is 0 Å². The van der Waals surface area contributed by atoms with Crippen LogP contribution in [0.1, 0.15) is 58.3 Å². The lowest BCUT2D eigenvalue weighted by Crippen LogP contribution is -2.32. The molecule has 121 valence electrons. The number of carbonyl (C=O) groups is 2. The van der Waals surface area contributed by atoms with Gasteiger partial charge in [0.05, 0.1) is 6.10 Å². The zero-order valence-electron chi connectivity index (χ0n) is 13.0. The summed E-state index contributed by atoms with van der Waals surface area (Å²) in [5, 5.41) is 10.1. The largest absolute Gasteiger partial charge is 0.393 e. The fraction of sp³-hybridized carbons (Fsp3) is 0.812. The first kappa shape index (κ1) is 18.0. The number of hydrogen-bond acceptors (Lipinski definition) is 3. The van der Waals surface area contributed by atoms with Crippen LogP contribution in [0.15, 0.2) is 0 Å². The maximum absolute atomic E-state index is 11.4. The standard InChI is InChI=1S/C16H29N2O3/c1-11(15(17)20)9-13(16(18)21)10-14(19)8-7-12-5-3-2-4-6-12/h8,11-14,19H,2-7,9-10H2,1H3,(H2,17,20)(H2,18,21)/t11?,13-,14+/m1/s1. The molecule has 1 aliphatic carbocycles. The third-order valence-corrected chi connectivity index (χ3v) is 4.52. The van der Waals surface area contributed by atoms with Crippen LogP contribution in [0.3, 0.4) is 0 Å². The first-order chi connectivity index (χ1) is 9.90. The first-order valence-electron chi connectivity index (χ1n) is 8.00. The molecule has 0 heterocycles. The van der Waals surface area contributed by atoms with Gasteiger partial charge in [-0.15, -0.1) is 0 Å². The van der Waals surface area contributed by atoms with Gasteiger partial charge in [0.2, 0.25) is 11.8 Å². The summed E-state index contributed by atoms with van der Waals surface area (Å²) >= 11 is 0. The Bertz CT molecular complexity index is 340. The Kier molecular flexibility index (Phi) is 7.72. The smallest absolute Gasteiger partial charge is 0.220 e. The minimum Gasteiger partial charge on any atom is -0.393 e. The molecule has 2 amide bonds. The van der Waals surface area contributed by atoms with Crippen molar-refractivity contribution in [3.8, 4) is 0 Å². The molecule has 1 aliphatic rings. The molecule has 5 nitrogen and oxygen atoms in total. The number of aliphatic hydroxyl groups excluding tert-OH is 1. The second kappa shape index (κ2) is 9.03. The van der Waals surface area contributed by atoms with Crippen LogP contribution in [-0.2, 0) is 9.59 Å². The molecule has 1 rings (SSSR count). The van der Waals surface area contributed by atoms with Gasteiger partial charge in [-0.05, 0) is 31.6 Å². The van der Waals surface area contributed by atoms with Gasteiger partial charge in [0.1, 0.15) is 0 Å². The van der Waals surface area contributed by atoms with Gasteiger partial charge in [0.25, 0.3) is 0 Å². The van der Waals surface area contributed by atoms with Crippen molar-refractivity contribution in [2.75, 3.05) is 0 Å². The second-order valence-corrected chi connectivity index (χ2v) is 6.42. The van der Waals surface area contributed by atoms with Gasteiger partial charge >= 0.3 is 0 Å². The second-order valence-electron chi connectivity index (χ2n) is 6.42. The van der Waals surface area contributed by atoms with E-state index in [1.165, 1.54) is 32.1 Å². The highest BCUT2D eigenvalue weighted by Crippen LogP contribution is 2.28. The third kappa shape index (κ3) is 6.93. The average Bonchev–Trinajstić information content (AvgIpc) is 2.45. The number of carbonyl (C=O) groups excluding carboxylic acids is 2. The number of nitrogens with two attached hydrogens (primary N) is 2. The Labute approximate surface area is 127 Å². The molecule has 0 saturated heterocycles. The molecule has 0 aromatic rings. The lowest BCUT2D eigenvalue weighted by Gasteiger charge is -2.24. The molecule has 21 heavy (non-hydrogen) atoms. The van der Waals surface area contributed by atoms with E-state index in [4.69, 9.17) is 11.5 Å². The van der Waals surface area contributed by atoms with Crippen molar-refractivity contribution in [1.82, 2.24) is 0 Å². The van der Waals surface area contributed by atoms with Crippen molar-refractivity contribution in [2.24, 2.45) is 29.2 Å². The number of aliphatic hydroxyl groups is 1. The van der Waals surface area contributed by atoms with Crippen LogP contribution in [-0.4, -0.2) is 23.0 Å². The van der Waals surface area contributed by atoms with E-state index in [-0.39, 0.29) is 6.42 Å². The number of hydrogen-bond donors (Lipinski definition) is 3. The molecule has 5 heteroatoms. The highest BCUT2D eigenvalue weighted by molar-refractivity contribution is 5.79. The van der Waals surface area contributed by atoms with Crippen LogP contribution in [0, 0.1) is 24.2 Å². The summed E-state index contributed by atoms with van der Waals surface area (Å²) < 4.78 is 0. The van der Waals surface area contributed by atoms with Gasteiger partial charge in [-0.25, -0.2) is 0 Å². The van der Waals surface area contributed by atoms with Gasteiger partial charge in [-0.3, -0.25) is 9.59 Å². The number of primary amides is 2. The summed E-state index contributed by atoms with van der Waals surface area (Å²) in [5.74, 6) is -1.18. The van der Waals surface area contributed by atoms with Crippen molar-refractivity contribution >= 4 is 11.8 Å². The summed E-state index contributed by atoms with van der Waals surface area (Å²) in [4.78, 5) is 22.5. The summed E-state index contributed by atoms with van der Waals surface area (Å²) in [6, 6.07) is 0. The molecule has 1 radical (unpaired) electrons. The van der Waals surface area contributed by atoms with Crippen molar-refractivity contribution in [3.05, 3.63) is 6.42 Å². The maximum atomic E-state index is 11.4. The number of amides is 2. The van der Waals surface area contributed by atoms with Crippen LogP contribution in [0.4, 0.5) is 0 Å². The van der Waals surface area contributed by atoms with Gasteiger partial charge in [-0.1, -0.05) is 39.0 Å². The molecule has 1 unspecified atom stereocenters. The van der Waals surface area contributed by atoms with Gasteiger partial charge in [0, 0.05) is 11.8 Å².